The topological polar surface area (TPSA) is 49.3 Å². The molecule has 0 fully saturated rings. The van der Waals surface area contributed by atoms with Crippen LogP contribution in [0.5, 0.6) is 0 Å². The molecule has 110 valence electrons. The standard InChI is InChI=1S/C16H15ClFNO2/c1-10(16(20)21)12-4-2-11(3-5-12)9-19-13-6-7-14(17)15(18)8-13/h2-8,10,19H,9H2,1H3,(H,20,21). The summed E-state index contributed by atoms with van der Waals surface area (Å²) in [6.45, 7) is 2.16. The van der Waals surface area contributed by atoms with Gasteiger partial charge in [-0.2, -0.15) is 0 Å². The van der Waals surface area contributed by atoms with Gasteiger partial charge in [0.1, 0.15) is 5.82 Å². The molecule has 0 saturated carbocycles. The van der Waals surface area contributed by atoms with Crippen LogP contribution in [0.4, 0.5) is 10.1 Å². The maximum Gasteiger partial charge on any atom is 0.310 e. The van der Waals surface area contributed by atoms with Crippen molar-refractivity contribution in [1.29, 1.82) is 0 Å². The molecular formula is C16H15ClFNO2. The Hall–Kier alpha value is -2.07. The zero-order valence-electron chi connectivity index (χ0n) is 11.4. The Bertz CT molecular complexity index is 643. The van der Waals surface area contributed by atoms with E-state index in [0.29, 0.717) is 12.2 Å². The van der Waals surface area contributed by atoms with E-state index in [-0.39, 0.29) is 5.02 Å². The second-order valence-electron chi connectivity index (χ2n) is 4.78. The second kappa shape index (κ2) is 6.59. The molecule has 3 nitrogen and oxygen atoms in total. The number of carbonyl (C=O) groups is 1. The SMILES string of the molecule is CC(C(=O)O)c1ccc(CNc2ccc(Cl)c(F)c2)cc1. The van der Waals surface area contributed by atoms with Gasteiger partial charge in [-0.1, -0.05) is 35.9 Å². The van der Waals surface area contributed by atoms with Gasteiger partial charge >= 0.3 is 5.97 Å². The van der Waals surface area contributed by atoms with Crippen LogP contribution in [0.15, 0.2) is 42.5 Å². The molecule has 0 amide bonds. The highest BCUT2D eigenvalue weighted by Crippen LogP contribution is 2.20. The van der Waals surface area contributed by atoms with Crippen molar-refractivity contribution < 1.29 is 14.3 Å². The van der Waals surface area contributed by atoms with E-state index in [4.69, 9.17) is 16.7 Å². The van der Waals surface area contributed by atoms with Crippen LogP contribution in [0.1, 0.15) is 24.0 Å². The van der Waals surface area contributed by atoms with Crippen LogP contribution in [0.2, 0.25) is 5.02 Å². The predicted molar refractivity (Wildman–Crippen MR) is 81.2 cm³/mol. The third-order valence-electron chi connectivity index (χ3n) is 3.27. The van der Waals surface area contributed by atoms with E-state index < -0.39 is 17.7 Å². The third-order valence-corrected chi connectivity index (χ3v) is 3.57. The molecule has 0 aliphatic heterocycles. The van der Waals surface area contributed by atoms with E-state index in [0.717, 1.165) is 11.1 Å². The molecule has 2 aromatic carbocycles. The van der Waals surface area contributed by atoms with Crippen LogP contribution < -0.4 is 5.32 Å². The number of anilines is 1. The first-order valence-corrected chi connectivity index (χ1v) is 6.85. The number of rotatable bonds is 5. The number of halogens is 2. The molecule has 1 atom stereocenters. The van der Waals surface area contributed by atoms with E-state index >= 15 is 0 Å². The van der Waals surface area contributed by atoms with E-state index in [9.17, 15) is 9.18 Å². The van der Waals surface area contributed by atoms with Gasteiger partial charge in [0.15, 0.2) is 0 Å². The predicted octanol–water partition coefficient (Wildman–Crippen LogP) is 4.28. The van der Waals surface area contributed by atoms with Gasteiger partial charge in [0.2, 0.25) is 0 Å². The summed E-state index contributed by atoms with van der Waals surface area (Å²) in [4.78, 5) is 10.9. The first-order valence-electron chi connectivity index (χ1n) is 6.48. The van der Waals surface area contributed by atoms with E-state index in [1.165, 1.54) is 12.1 Å². The van der Waals surface area contributed by atoms with E-state index in [2.05, 4.69) is 5.32 Å². The van der Waals surface area contributed by atoms with E-state index in [1.807, 2.05) is 12.1 Å². The van der Waals surface area contributed by atoms with Crippen molar-refractivity contribution in [3.8, 4) is 0 Å². The zero-order valence-corrected chi connectivity index (χ0v) is 12.2. The number of carboxylic acid groups (broad SMARTS) is 1. The van der Waals surface area contributed by atoms with Gasteiger partial charge in [-0.15, -0.1) is 0 Å². The Kier molecular flexibility index (Phi) is 4.81. The summed E-state index contributed by atoms with van der Waals surface area (Å²) in [5.41, 5.74) is 2.37. The van der Waals surface area contributed by atoms with Crippen molar-refractivity contribution in [2.45, 2.75) is 19.4 Å². The lowest BCUT2D eigenvalue weighted by Gasteiger charge is -2.10. The van der Waals surface area contributed by atoms with Crippen LogP contribution >= 0.6 is 11.6 Å². The Balaban J connectivity index is 2.00. The molecule has 2 rings (SSSR count). The van der Waals surface area contributed by atoms with Crippen LogP contribution in [-0.4, -0.2) is 11.1 Å². The molecule has 2 N–H and O–H groups in total. The van der Waals surface area contributed by atoms with Crippen molar-refractivity contribution >= 4 is 23.3 Å². The van der Waals surface area contributed by atoms with Crippen molar-refractivity contribution in [1.82, 2.24) is 0 Å². The molecule has 1 unspecified atom stereocenters. The number of benzene rings is 2. The smallest absolute Gasteiger partial charge is 0.310 e. The highest BCUT2D eigenvalue weighted by Gasteiger charge is 2.12. The highest BCUT2D eigenvalue weighted by atomic mass is 35.5. The first kappa shape index (κ1) is 15.3. The number of nitrogens with one attached hydrogen (secondary N) is 1. The normalized spacial score (nSPS) is 12.0. The molecule has 21 heavy (non-hydrogen) atoms. The quantitative estimate of drug-likeness (QED) is 0.867. The summed E-state index contributed by atoms with van der Waals surface area (Å²) in [6.07, 6.45) is 0. The number of aliphatic carboxylic acids is 1. The fraction of sp³-hybridized carbons (Fsp3) is 0.188. The number of carboxylic acids is 1. The number of hydrogen-bond donors (Lipinski definition) is 2. The lowest BCUT2D eigenvalue weighted by atomic mass is 10.00. The van der Waals surface area contributed by atoms with Crippen LogP contribution in [0.25, 0.3) is 0 Å². The minimum Gasteiger partial charge on any atom is -0.481 e. The van der Waals surface area contributed by atoms with Crippen molar-refractivity contribution in [3.05, 3.63) is 64.4 Å². The Labute approximate surface area is 127 Å². The van der Waals surface area contributed by atoms with Gasteiger partial charge < -0.3 is 10.4 Å². The van der Waals surface area contributed by atoms with Crippen molar-refractivity contribution in [3.63, 3.8) is 0 Å². The van der Waals surface area contributed by atoms with Crippen molar-refractivity contribution in [2.75, 3.05) is 5.32 Å². The fourth-order valence-corrected chi connectivity index (χ4v) is 1.99. The lowest BCUT2D eigenvalue weighted by molar-refractivity contribution is -0.138. The second-order valence-corrected chi connectivity index (χ2v) is 5.19. The van der Waals surface area contributed by atoms with Gasteiger partial charge in [-0.05, 0) is 36.2 Å². The molecule has 5 heteroatoms. The summed E-state index contributed by atoms with van der Waals surface area (Å²) >= 11 is 5.62. The molecule has 0 radical (unpaired) electrons. The van der Waals surface area contributed by atoms with Crippen LogP contribution in [0.3, 0.4) is 0 Å². The average Bonchev–Trinajstić information content (AvgIpc) is 2.48. The summed E-state index contributed by atoms with van der Waals surface area (Å²) in [6, 6.07) is 11.8. The van der Waals surface area contributed by atoms with Gasteiger partial charge in [0.25, 0.3) is 0 Å². The molecule has 0 spiro atoms. The fourth-order valence-electron chi connectivity index (χ4n) is 1.88. The minimum atomic E-state index is -0.850. The molecule has 0 heterocycles. The highest BCUT2D eigenvalue weighted by molar-refractivity contribution is 6.30. The molecule has 0 saturated heterocycles. The maximum absolute atomic E-state index is 13.3. The van der Waals surface area contributed by atoms with Crippen LogP contribution in [0, 0.1) is 5.82 Å². The average molecular weight is 308 g/mol. The maximum atomic E-state index is 13.3. The van der Waals surface area contributed by atoms with E-state index in [1.54, 1.807) is 25.1 Å². The van der Waals surface area contributed by atoms with Crippen LogP contribution in [-0.2, 0) is 11.3 Å². The molecule has 0 aliphatic rings. The molecule has 0 aliphatic carbocycles. The number of hydrogen-bond acceptors (Lipinski definition) is 2. The summed E-state index contributed by atoms with van der Waals surface area (Å²) in [5, 5.41) is 12.1. The summed E-state index contributed by atoms with van der Waals surface area (Å²) < 4.78 is 13.3. The molecule has 2 aromatic rings. The summed E-state index contributed by atoms with van der Waals surface area (Å²) in [7, 11) is 0. The lowest BCUT2D eigenvalue weighted by Crippen LogP contribution is -2.07. The minimum absolute atomic E-state index is 0.0903. The largest absolute Gasteiger partial charge is 0.481 e. The Morgan fingerprint density at radius 2 is 1.95 bits per heavy atom. The molecule has 0 bridgehead atoms. The Morgan fingerprint density at radius 1 is 1.29 bits per heavy atom. The first-order chi connectivity index (χ1) is 9.97. The zero-order chi connectivity index (χ0) is 15.4. The summed E-state index contributed by atoms with van der Waals surface area (Å²) in [5.74, 6) is -1.85. The molecular weight excluding hydrogens is 293 g/mol. The Morgan fingerprint density at radius 3 is 2.52 bits per heavy atom. The van der Waals surface area contributed by atoms with Gasteiger partial charge in [-0.25, -0.2) is 4.39 Å². The van der Waals surface area contributed by atoms with Gasteiger partial charge in [0.05, 0.1) is 10.9 Å². The van der Waals surface area contributed by atoms with Crippen molar-refractivity contribution in [2.24, 2.45) is 0 Å². The third kappa shape index (κ3) is 3.95. The van der Waals surface area contributed by atoms with Gasteiger partial charge in [-0.3, -0.25) is 4.79 Å². The van der Waals surface area contributed by atoms with Gasteiger partial charge in [0, 0.05) is 12.2 Å². The monoisotopic (exact) mass is 307 g/mol. The molecule has 0 aromatic heterocycles.